The van der Waals surface area contributed by atoms with Crippen molar-refractivity contribution < 1.29 is 4.74 Å². The van der Waals surface area contributed by atoms with Gasteiger partial charge in [-0.15, -0.1) is 0 Å². The summed E-state index contributed by atoms with van der Waals surface area (Å²) >= 11 is 0. The second-order valence-corrected chi connectivity index (χ2v) is 21.3. The van der Waals surface area contributed by atoms with Gasteiger partial charge >= 0.3 is 0 Å². The van der Waals surface area contributed by atoms with Crippen LogP contribution in [-0.4, -0.2) is 0 Å². The van der Waals surface area contributed by atoms with E-state index in [1.165, 1.54) is 134 Å². The van der Waals surface area contributed by atoms with Gasteiger partial charge in [-0.2, -0.15) is 0 Å². The lowest BCUT2D eigenvalue weighted by molar-refractivity contribution is 0.436. The topological polar surface area (TPSA) is 9.23 Å². The fourth-order valence-electron chi connectivity index (χ4n) is 15.2. The van der Waals surface area contributed by atoms with Crippen molar-refractivity contribution in [2.45, 2.75) is 16.2 Å². The molecule has 12 aromatic carbocycles. The molecule has 1 aliphatic heterocycles. The Labute approximate surface area is 442 Å². The van der Waals surface area contributed by atoms with Crippen molar-refractivity contribution in [2.75, 3.05) is 0 Å². The van der Waals surface area contributed by atoms with E-state index in [-0.39, 0.29) is 0 Å². The lowest BCUT2D eigenvalue weighted by atomic mass is 9.66. The van der Waals surface area contributed by atoms with Gasteiger partial charge in [-0.25, -0.2) is 0 Å². The molecule has 5 aliphatic rings. The number of hydrogen-bond donors (Lipinski definition) is 0. The number of para-hydroxylation sites is 2. The molecule has 12 aromatic rings. The zero-order valence-electron chi connectivity index (χ0n) is 41.5. The van der Waals surface area contributed by atoms with Gasteiger partial charge < -0.3 is 4.74 Å². The van der Waals surface area contributed by atoms with Gasteiger partial charge in [0.1, 0.15) is 11.5 Å². The standard InChI is InChI=1S/C75H46O/c1-7-23-61-53(17-1)54-18-2-8-24-62(54)73(61,51-39-33-47(34-40-51)49-37-43-59-57-21-5-11-27-65(57)74(69(59)45-49)63-25-9-3-19-55(63)56-20-4-10-26-64(56)74)52-41-35-48(36-42-52)50-38-44-60-58-22-6-12-28-66(58)75(70(60)46-50)67-29-13-15-31-71(67)76-72-32-16-14-30-68(72)75/h1-46H. The lowest BCUT2D eigenvalue weighted by Crippen LogP contribution is -2.32. The van der Waals surface area contributed by atoms with E-state index in [0.29, 0.717) is 0 Å². The SMILES string of the molecule is c1ccc2c(c1)Oc1ccccc1C21c2ccccc2-c2ccc(-c3ccc(C4(c5ccc(-c6ccc7c(c6)C6(c8ccccc8-c8ccccc86)c6ccccc6-7)cc5)c5ccccc5-c5ccccc54)cc3)cc21. The molecule has 1 heteroatoms. The fourth-order valence-corrected chi connectivity index (χ4v) is 15.2. The van der Waals surface area contributed by atoms with Gasteiger partial charge in [0.25, 0.3) is 0 Å². The molecule has 0 saturated heterocycles. The highest BCUT2D eigenvalue weighted by atomic mass is 16.5. The molecule has 1 nitrogen and oxygen atoms in total. The molecule has 0 unspecified atom stereocenters. The van der Waals surface area contributed by atoms with Crippen LogP contribution >= 0.6 is 0 Å². The maximum absolute atomic E-state index is 6.66. The molecule has 0 bridgehead atoms. The number of benzene rings is 12. The predicted octanol–water partition coefficient (Wildman–Crippen LogP) is 18.2. The van der Waals surface area contributed by atoms with Gasteiger partial charge in [0.2, 0.25) is 0 Å². The Balaban J connectivity index is 0.808. The highest BCUT2D eigenvalue weighted by Gasteiger charge is 2.53. The molecule has 76 heavy (non-hydrogen) atoms. The summed E-state index contributed by atoms with van der Waals surface area (Å²) in [6.45, 7) is 0. The predicted molar refractivity (Wildman–Crippen MR) is 308 cm³/mol. The molecule has 0 amide bonds. The summed E-state index contributed by atoms with van der Waals surface area (Å²) in [6.07, 6.45) is 0. The zero-order chi connectivity index (χ0) is 49.7. The normalized spacial score (nSPS) is 15.0. The Kier molecular flexibility index (Phi) is 8.41. The summed E-state index contributed by atoms with van der Waals surface area (Å²) in [5.41, 5.74) is 29.2. The maximum Gasteiger partial charge on any atom is 0.132 e. The van der Waals surface area contributed by atoms with Crippen LogP contribution in [-0.2, 0) is 16.2 Å². The molecule has 4 aliphatic carbocycles. The average molecular weight is 963 g/mol. The third-order valence-corrected chi connectivity index (χ3v) is 18.1. The van der Waals surface area contributed by atoms with E-state index in [4.69, 9.17) is 4.74 Å². The van der Waals surface area contributed by atoms with Crippen LogP contribution < -0.4 is 4.74 Å². The number of rotatable bonds is 4. The van der Waals surface area contributed by atoms with Crippen molar-refractivity contribution in [2.24, 2.45) is 0 Å². The van der Waals surface area contributed by atoms with E-state index in [1.807, 2.05) is 0 Å². The minimum Gasteiger partial charge on any atom is -0.457 e. The van der Waals surface area contributed by atoms with Crippen LogP contribution in [0.5, 0.6) is 11.5 Å². The molecule has 17 rings (SSSR count). The van der Waals surface area contributed by atoms with Crippen molar-refractivity contribution in [1.29, 1.82) is 0 Å². The first kappa shape index (κ1) is 41.9. The molecule has 0 fully saturated rings. The Bertz CT molecular complexity index is 4280. The Morgan fingerprint density at radius 1 is 0.184 bits per heavy atom. The first-order chi connectivity index (χ1) is 37.7. The maximum atomic E-state index is 6.66. The first-order valence-corrected chi connectivity index (χ1v) is 26.6. The van der Waals surface area contributed by atoms with Crippen LogP contribution in [0.1, 0.15) is 66.8 Å². The second-order valence-electron chi connectivity index (χ2n) is 21.3. The summed E-state index contributed by atoms with van der Waals surface area (Å²) in [5.74, 6) is 1.81. The number of ether oxygens (including phenoxy) is 1. The molecule has 0 N–H and O–H groups in total. The summed E-state index contributed by atoms with van der Waals surface area (Å²) in [4.78, 5) is 0. The van der Waals surface area contributed by atoms with Gasteiger partial charge in [-0.05, 0) is 147 Å². The van der Waals surface area contributed by atoms with Gasteiger partial charge in [0.05, 0.1) is 16.2 Å². The molecule has 0 saturated carbocycles. The highest BCUT2D eigenvalue weighted by molar-refractivity contribution is 5.97. The van der Waals surface area contributed by atoms with E-state index in [9.17, 15) is 0 Å². The minimum absolute atomic E-state index is 0.392. The largest absolute Gasteiger partial charge is 0.457 e. The minimum atomic E-state index is -0.551. The van der Waals surface area contributed by atoms with Crippen LogP contribution in [0.2, 0.25) is 0 Å². The summed E-state index contributed by atoms with van der Waals surface area (Å²) in [5, 5.41) is 0. The van der Waals surface area contributed by atoms with Crippen LogP contribution in [0.3, 0.4) is 0 Å². The molecule has 352 valence electrons. The van der Waals surface area contributed by atoms with E-state index >= 15 is 0 Å². The van der Waals surface area contributed by atoms with E-state index in [0.717, 1.165) is 11.5 Å². The van der Waals surface area contributed by atoms with Crippen molar-refractivity contribution >= 4 is 0 Å². The monoisotopic (exact) mass is 962 g/mol. The highest BCUT2D eigenvalue weighted by Crippen LogP contribution is 2.65. The van der Waals surface area contributed by atoms with Crippen LogP contribution in [0, 0.1) is 0 Å². The van der Waals surface area contributed by atoms with Crippen LogP contribution in [0.4, 0.5) is 0 Å². The van der Waals surface area contributed by atoms with Crippen LogP contribution in [0.15, 0.2) is 279 Å². The number of hydrogen-bond acceptors (Lipinski definition) is 1. The molecule has 0 radical (unpaired) electrons. The molecule has 0 aromatic heterocycles. The smallest absolute Gasteiger partial charge is 0.132 e. The molecular weight excluding hydrogens is 917 g/mol. The quantitative estimate of drug-likeness (QED) is 0.171. The van der Waals surface area contributed by atoms with Crippen molar-refractivity contribution in [1.82, 2.24) is 0 Å². The first-order valence-electron chi connectivity index (χ1n) is 26.6. The van der Waals surface area contributed by atoms with Gasteiger partial charge in [-0.1, -0.05) is 255 Å². The summed E-state index contributed by atoms with van der Waals surface area (Å²) < 4.78 is 6.66. The van der Waals surface area contributed by atoms with E-state index < -0.39 is 16.2 Å². The van der Waals surface area contributed by atoms with E-state index in [2.05, 4.69) is 279 Å². The molecule has 2 spiro atoms. The van der Waals surface area contributed by atoms with E-state index in [1.54, 1.807) is 0 Å². The Morgan fingerprint density at radius 3 is 0.776 bits per heavy atom. The zero-order valence-corrected chi connectivity index (χ0v) is 41.5. The third-order valence-electron chi connectivity index (χ3n) is 18.1. The third kappa shape index (κ3) is 5.15. The fraction of sp³-hybridized carbons (Fsp3) is 0.0400. The summed E-state index contributed by atoms with van der Waals surface area (Å²) in [6, 6.07) is 105. The molecular formula is C75H46O. The van der Waals surface area contributed by atoms with Gasteiger partial charge in [0.15, 0.2) is 0 Å². The van der Waals surface area contributed by atoms with Gasteiger partial charge in [0, 0.05) is 11.1 Å². The Hall–Kier alpha value is -9.56. The summed E-state index contributed by atoms with van der Waals surface area (Å²) in [7, 11) is 0. The van der Waals surface area contributed by atoms with Crippen molar-refractivity contribution in [3.05, 3.63) is 346 Å². The molecule has 1 heterocycles. The lowest BCUT2D eigenvalue weighted by Gasteiger charge is -2.39. The molecule has 0 atom stereocenters. The average Bonchev–Trinajstić information content (AvgIpc) is 4.25. The van der Waals surface area contributed by atoms with Crippen LogP contribution in [0.25, 0.3) is 66.8 Å². The number of fused-ring (bicyclic) bond motifs is 22. The van der Waals surface area contributed by atoms with Gasteiger partial charge in [-0.3, -0.25) is 0 Å². The second kappa shape index (κ2) is 15.3. The Morgan fingerprint density at radius 2 is 0.434 bits per heavy atom. The van der Waals surface area contributed by atoms with Crippen molar-refractivity contribution in [3.8, 4) is 78.3 Å². The van der Waals surface area contributed by atoms with Crippen molar-refractivity contribution in [3.63, 3.8) is 0 Å².